The van der Waals surface area contributed by atoms with Crippen molar-refractivity contribution in [2.45, 2.75) is 39.3 Å². The third-order valence-electron chi connectivity index (χ3n) is 6.86. The van der Waals surface area contributed by atoms with Crippen molar-refractivity contribution in [2.24, 2.45) is 0 Å². The van der Waals surface area contributed by atoms with Crippen LogP contribution < -0.4 is 4.74 Å². The van der Waals surface area contributed by atoms with Crippen LogP contribution in [0.3, 0.4) is 0 Å². The molecule has 1 N–H and O–H groups in total. The first-order valence-electron chi connectivity index (χ1n) is 13.0. The van der Waals surface area contributed by atoms with Gasteiger partial charge in [-0.25, -0.2) is 0 Å². The van der Waals surface area contributed by atoms with Gasteiger partial charge >= 0.3 is 0 Å². The number of likely N-dealkylation sites (tertiary alicyclic amines) is 1. The summed E-state index contributed by atoms with van der Waals surface area (Å²) >= 11 is 0. The van der Waals surface area contributed by atoms with E-state index in [4.69, 9.17) is 4.74 Å². The Morgan fingerprint density at radius 1 is 1.00 bits per heavy atom. The normalized spacial score (nSPS) is 17.0. The molecule has 1 saturated heterocycles. The molecule has 38 heavy (non-hydrogen) atoms. The molecule has 6 nitrogen and oxygen atoms in total. The molecule has 0 radical (unpaired) electrons. The number of hydrogen-bond donors (Lipinski definition) is 1. The van der Waals surface area contributed by atoms with Crippen molar-refractivity contribution < 1.29 is 19.4 Å². The zero-order chi connectivity index (χ0) is 27.4. The average molecular weight is 513 g/mol. The molecule has 0 aromatic heterocycles. The minimum atomic E-state index is -0.668. The Bertz CT molecular complexity index is 1320. The van der Waals surface area contributed by atoms with Crippen molar-refractivity contribution in [1.82, 2.24) is 9.80 Å². The largest absolute Gasteiger partial charge is 0.507 e. The molecule has 1 heterocycles. The number of ether oxygens (including phenoxy) is 1. The van der Waals surface area contributed by atoms with Gasteiger partial charge in [0.2, 0.25) is 0 Å². The summed E-state index contributed by atoms with van der Waals surface area (Å²) in [5.41, 5.74) is 4.77. The Morgan fingerprint density at radius 2 is 1.68 bits per heavy atom. The highest BCUT2D eigenvalue weighted by Gasteiger charge is 2.45. The first-order chi connectivity index (χ1) is 18.2. The minimum Gasteiger partial charge on any atom is -0.507 e. The predicted molar refractivity (Wildman–Crippen MR) is 150 cm³/mol. The molecule has 1 amide bonds. The first-order valence-corrected chi connectivity index (χ1v) is 13.0. The van der Waals surface area contributed by atoms with E-state index >= 15 is 0 Å². The Kier molecular flexibility index (Phi) is 8.32. The highest BCUT2D eigenvalue weighted by Crippen LogP contribution is 2.39. The maximum absolute atomic E-state index is 13.2. The summed E-state index contributed by atoms with van der Waals surface area (Å²) in [4.78, 5) is 29.9. The molecule has 1 fully saturated rings. The lowest BCUT2D eigenvalue weighted by molar-refractivity contribution is -0.140. The lowest BCUT2D eigenvalue weighted by atomic mass is 9.93. The van der Waals surface area contributed by atoms with Crippen molar-refractivity contribution in [3.63, 3.8) is 0 Å². The van der Waals surface area contributed by atoms with Gasteiger partial charge in [-0.15, -0.1) is 0 Å². The molecule has 0 aliphatic carbocycles. The van der Waals surface area contributed by atoms with Crippen LogP contribution >= 0.6 is 0 Å². The van der Waals surface area contributed by atoms with Gasteiger partial charge in [-0.1, -0.05) is 67.9 Å². The zero-order valence-corrected chi connectivity index (χ0v) is 22.8. The van der Waals surface area contributed by atoms with Crippen LogP contribution in [0.25, 0.3) is 5.76 Å². The molecule has 0 saturated carbocycles. The SMILES string of the molecule is Cc1cccc(COc2ccc(/C(O)=C3\C(=O)C(=O)N(CCN(C)C)[C@@H]3c3ccc(C(C)C)cc3)cc2)c1. The molecule has 6 heteroatoms. The number of rotatable bonds is 9. The molecule has 198 valence electrons. The van der Waals surface area contributed by atoms with Gasteiger partial charge in [-0.05, 0) is 67.9 Å². The van der Waals surface area contributed by atoms with Crippen LogP contribution in [0.1, 0.15) is 53.6 Å². The van der Waals surface area contributed by atoms with E-state index in [9.17, 15) is 14.7 Å². The number of benzene rings is 3. The van der Waals surface area contributed by atoms with Crippen LogP contribution in [-0.4, -0.2) is 53.8 Å². The highest BCUT2D eigenvalue weighted by atomic mass is 16.5. The van der Waals surface area contributed by atoms with Gasteiger partial charge < -0.3 is 19.6 Å². The molecule has 3 aromatic carbocycles. The van der Waals surface area contributed by atoms with Crippen molar-refractivity contribution in [3.8, 4) is 5.75 Å². The number of likely N-dealkylation sites (N-methyl/N-ethyl adjacent to an activating group) is 1. The highest BCUT2D eigenvalue weighted by molar-refractivity contribution is 6.46. The van der Waals surface area contributed by atoms with Crippen LogP contribution in [0, 0.1) is 6.92 Å². The molecule has 0 bridgehead atoms. The van der Waals surface area contributed by atoms with Gasteiger partial charge in [-0.3, -0.25) is 9.59 Å². The van der Waals surface area contributed by atoms with E-state index in [1.807, 2.05) is 68.4 Å². The number of carbonyl (C=O) groups is 2. The number of ketones is 1. The number of hydrogen-bond acceptors (Lipinski definition) is 5. The van der Waals surface area contributed by atoms with Gasteiger partial charge in [-0.2, -0.15) is 0 Å². The van der Waals surface area contributed by atoms with Crippen LogP contribution in [0.2, 0.25) is 0 Å². The van der Waals surface area contributed by atoms with E-state index in [1.165, 1.54) is 11.1 Å². The van der Waals surface area contributed by atoms with Crippen molar-refractivity contribution in [2.75, 3.05) is 27.2 Å². The van der Waals surface area contributed by atoms with Gasteiger partial charge in [0.15, 0.2) is 0 Å². The topological polar surface area (TPSA) is 70.1 Å². The Morgan fingerprint density at radius 3 is 2.29 bits per heavy atom. The maximum atomic E-state index is 13.2. The molecule has 0 spiro atoms. The van der Waals surface area contributed by atoms with E-state index < -0.39 is 17.7 Å². The molecule has 1 atom stereocenters. The summed E-state index contributed by atoms with van der Waals surface area (Å²) in [6.45, 7) is 7.67. The summed E-state index contributed by atoms with van der Waals surface area (Å²) < 4.78 is 5.91. The lowest BCUT2D eigenvalue weighted by Gasteiger charge is -2.27. The summed E-state index contributed by atoms with van der Waals surface area (Å²) in [6, 6.07) is 22.4. The zero-order valence-electron chi connectivity index (χ0n) is 22.8. The van der Waals surface area contributed by atoms with E-state index in [0.717, 1.165) is 11.1 Å². The van der Waals surface area contributed by atoms with Gasteiger partial charge in [0.1, 0.15) is 18.1 Å². The Labute approximate surface area is 225 Å². The van der Waals surface area contributed by atoms with Crippen LogP contribution in [0.5, 0.6) is 5.75 Å². The molecular weight excluding hydrogens is 476 g/mol. The minimum absolute atomic E-state index is 0.111. The standard InChI is InChI=1S/C32H36N2O4/c1-21(2)24-9-11-25(12-10-24)29-28(31(36)32(37)34(29)18-17-33(4)5)30(35)26-13-15-27(16-14-26)38-20-23-8-6-7-22(3)19-23/h6-16,19,21,29,35H,17-18,20H2,1-5H3/b30-28+/t29-/m1/s1. The van der Waals surface area contributed by atoms with Crippen molar-refractivity contribution >= 4 is 17.4 Å². The van der Waals surface area contributed by atoms with E-state index in [-0.39, 0.29) is 11.3 Å². The van der Waals surface area contributed by atoms with E-state index in [1.54, 1.807) is 29.2 Å². The smallest absolute Gasteiger partial charge is 0.295 e. The molecular formula is C32H36N2O4. The maximum Gasteiger partial charge on any atom is 0.295 e. The fourth-order valence-corrected chi connectivity index (χ4v) is 4.66. The van der Waals surface area contributed by atoms with Gasteiger partial charge in [0.05, 0.1) is 11.6 Å². The van der Waals surface area contributed by atoms with Crippen LogP contribution in [0.15, 0.2) is 78.4 Å². The summed E-state index contributed by atoms with van der Waals surface area (Å²) in [5, 5.41) is 11.3. The second kappa shape index (κ2) is 11.7. The van der Waals surface area contributed by atoms with Crippen molar-refractivity contribution in [1.29, 1.82) is 0 Å². The number of nitrogens with zero attached hydrogens (tertiary/aromatic N) is 2. The van der Waals surface area contributed by atoms with Gasteiger partial charge in [0, 0.05) is 18.7 Å². The summed E-state index contributed by atoms with van der Waals surface area (Å²) in [7, 11) is 3.84. The number of aryl methyl sites for hydroxylation is 1. The molecule has 1 aliphatic heterocycles. The predicted octanol–water partition coefficient (Wildman–Crippen LogP) is 5.68. The molecule has 3 aromatic rings. The second-order valence-electron chi connectivity index (χ2n) is 10.4. The summed E-state index contributed by atoms with van der Waals surface area (Å²) in [6.07, 6.45) is 0. The van der Waals surface area contributed by atoms with E-state index in [0.29, 0.717) is 36.9 Å². The fraction of sp³-hybridized carbons (Fsp3) is 0.312. The van der Waals surface area contributed by atoms with E-state index in [2.05, 4.69) is 19.9 Å². The van der Waals surface area contributed by atoms with Crippen LogP contribution in [0.4, 0.5) is 0 Å². The average Bonchev–Trinajstić information content (AvgIpc) is 3.15. The van der Waals surface area contributed by atoms with Crippen molar-refractivity contribution in [3.05, 3.63) is 106 Å². The number of carbonyl (C=O) groups excluding carboxylic acids is 2. The monoisotopic (exact) mass is 512 g/mol. The first kappa shape index (κ1) is 27.1. The molecule has 4 rings (SSSR count). The second-order valence-corrected chi connectivity index (χ2v) is 10.4. The Hall–Kier alpha value is -3.90. The Balaban J connectivity index is 1.65. The number of amides is 1. The quantitative estimate of drug-likeness (QED) is 0.227. The fourth-order valence-electron chi connectivity index (χ4n) is 4.66. The molecule has 0 unspecified atom stereocenters. The third kappa shape index (κ3) is 5.97. The van der Waals surface area contributed by atoms with Crippen LogP contribution in [-0.2, 0) is 16.2 Å². The number of aliphatic hydroxyl groups is 1. The lowest BCUT2D eigenvalue weighted by Crippen LogP contribution is -2.35. The molecule has 1 aliphatic rings. The number of aliphatic hydroxyl groups excluding tert-OH is 1. The summed E-state index contributed by atoms with van der Waals surface area (Å²) in [5.74, 6) is -0.437. The third-order valence-corrected chi connectivity index (χ3v) is 6.86. The number of Topliss-reactive ketones (excluding diaryl/α,β-unsaturated/α-hetero) is 1. The van der Waals surface area contributed by atoms with Gasteiger partial charge in [0.25, 0.3) is 11.7 Å².